The molecule has 1 aliphatic heterocycles. The van der Waals surface area contributed by atoms with Crippen LogP contribution in [0.3, 0.4) is 0 Å². The fourth-order valence-corrected chi connectivity index (χ4v) is 2.62. The molecule has 1 fully saturated rings. The van der Waals surface area contributed by atoms with Gasteiger partial charge in [-0.15, -0.1) is 0 Å². The van der Waals surface area contributed by atoms with E-state index in [0.29, 0.717) is 12.6 Å². The first-order chi connectivity index (χ1) is 9.11. The van der Waals surface area contributed by atoms with Crippen molar-refractivity contribution in [2.24, 2.45) is 5.73 Å². The summed E-state index contributed by atoms with van der Waals surface area (Å²) < 4.78 is 0. The van der Waals surface area contributed by atoms with E-state index < -0.39 is 0 Å². The molecule has 4 heteroatoms. The molecule has 0 aliphatic carbocycles. The second-order valence-electron chi connectivity index (χ2n) is 5.58. The van der Waals surface area contributed by atoms with Crippen LogP contribution in [0.4, 0.5) is 5.69 Å². The summed E-state index contributed by atoms with van der Waals surface area (Å²) in [4.78, 5) is 7.00. The molecule has 2 rings (SSSR count). The van der Waals surface area contributed by atoms with Crippen LogP contribution in [0, 0.1) is 0 Å². The van der Waals surface area contributed by atoms with Gasteiger partial charge in [0.05, 0.1) is 0 Å². The minimum absolute atomic E-state index is 0.352. The quantitative estimate of drug-likeness (QED) is 0.878. The first-order valence-electron chi connectivity index (χ1n) is 7.01. The minimum Gasteiger partial charge on any atom is -0.378 e. The summed E-state index contributed by atoms with van der Waals surface area (Å²) in [6.45, 7) is 5.16. The molecule has 1 aromatic rings. The number of piperazine rings is 1. The van der Waals surface area contributed by atoms with Gasteiger partial charge in [0.2, 0.25) is 0 Å². The molecular formula is C15H26N4. The van der Waals surface area contributed by atoms with E-state index in [1.54, 1.807) is 0 Å². The molecule has 0 saturated carbocycles. The van der Waals surface area contributed by atoms with Crippen LogP contribution in [0.1, 0.15) is 11.6 Å². The number of anilines is 1. The van der Waals surface area contributed by atoms with E-state index in [-0.39, 0.29) is 0 Å². The zero-order chi connectivity index (χ0) is 13.8. The molecule has 0 unspecified atom stereocenters. The van der Waals surface area contributed by atoms with Crippen molar-refractivity contribution in [3.05, 3.63) is 29.8 Å². The molecule has 1 atom stereocenters. The van der Waals surface area contributed by atoms with Gasteiger partial charge in [0.15, 0.2) is 0 Å². The van der Waals surface area contributed by atoms with Crippen molar-refractivity contribution in [2.45, 2.75) is 6.04 Å². The van der Waals surface area contributed by atoms with Gasteiger partial charge in [-0.3, -0.25) is 4.90 Å². The number of hydrogen-bond donors (Lipinski definition) is 1. The Labute approximate surface area is 116 Å². The smallest absolute Gasteiger partial charge is 0.0471 e. The van der Waals surface area contributed by atoms with Gasteiger partial charge in [-0.1, -0.05) is 12.1 Å². The molecule has 0 spiro atoms. The first kappa shape index (κ1) is 14.3. The van der Waals surface area contributed by atoms with E-state index in [4.69, 9.17) is 5.73 Å². The zero-order valence-electron chi connectivity index (χ0n) is 12.3. The number of benzene rings is 1. The summed E-state index contributed by atoms with van der Waals surface area (Å²) in [5, 5.41) is 0. The highest BCUT2D eigenvalue weighted by atomic mass is 15.3. The Hall–Kier alpha value is -1.10. The summed E-state index contributed by atoms with van der Waals surface area (Å²) in [6.07, 6.45) is 0. The van der Waals surface area contributed by atoms with Crippen molar-refractivity contribution < 1.29 is 0 Å². The lowest BCUT2D eigenvalue weighted by Gasteiger charge is -2.37. The lowest BCUT2D eigenvalue weighted by Crippen LogP contribution is -2.47. The van der Waals surface area contributed by atoms with Crippen LogP contribution >= 0.6 is 0 Å². The highest BCUT2D eigenvalue weighted by Gasteiger charge is 2.22. The molecular weight excluding hydrogens is 236 g/mol. The third-order valence-electron chi connectivity index (χ3n) is 4.00. The predicted octanol–water partition coefficient (Wildman–Crippen LogP) is 1.000. The van der Waals surface area contributed by atoms with Gasteiger partial charge in [-0.25, -0.2) is 0 Å². The minimum atomic E-state index is 0.352. The second kappa shape index (κ2) is 6.37. The van der Waals surface area contributed by atoms with Crippen molar-refractivity contribution in [2.75, 3.05) is 58.8 Å². The fourth-order valence-electron chi connectivity index (χ4n) is 2.62. The van der Waals surface area contributed by atoms with Crippen molar-refractivity contribution in [1.29, 1.82) is 0 Å². The zero-order valence-corrected chi connectivity index (χ0v) is 12.3. The molecule has 2 N–H and O–H groups in total. The van der Waals surface area contributed by atoms with Crippen molar-refractivity contribution >= 4 is 5.69 Å². The van der Waals surface area contributed by atoms with Gasteiger partial charge in [-0.2, -0.15) is 0 Å². The Bertz CT molecular complexity index is 380. The summed E-state index contributed by atoms with van der Waals surface area (Å²) in [5.74, 6) is 0. The molecule has 0 aromatic heterocycles. The number of hydrogen-bond acceptors (Lipinski definition) is 4. The van der Waals surface area contributed by atoms with Crippen molar-refractivity contribution in [1.82, 2.24) is 9.80 Å². The van der Waals surface area contributed by atoms with E-state index in [1.165, 1.54) is 11.3 Å². The lowest BCUT2D eigenvalue weighted by atomic mass is 10.0. The van der Waals surface area contributed by atoms with E-state index >= 15 is 0 Å². The summed E-state index contributed by atoms with van der Waals surface area (Å²) in [7, 11) is 6.31. The van der Waals surface area contributed by atoms with Crippen LogP contribution < -0.4 is 10.6 Å². The molecule has 0 bridgehead atoms. The van der Waals surface area contributed by atoms with Gasteiger partial charge >= 0.3 is 0 Å². The van der Waals surface area contributed by atoms with Crippen molar-refractivity contribution in [3.8, 4) is 0 Å². The average Bonchev–Trinajstić information content (AvgIpc) is 2.42. The Morgan fingerprint density at radius 2 is 1.68 bits per heavy atom. The Morgan fingerprint density at radius 1 is 1.11 bits per heavy atom. The van der Waals surface area contributed by atoms with E-state index in [9.17, 15) is 0 Å². The SMILES string of the molecule is CN1CCN([C@@H](CN)c2ccc(N(C)C)cc2)CC1. The van der Waals surface area contributed by atoms with Gasteiger partial charge in [0, 0.05) is 58.5 Å². The highest BCUT2D eigenvalue weighted by molar-refractivity contribution is 5.46. The molecule has 0 amide bonds. The van der Waals surface area contributed by atoms with Gasteiger partial charge in [-0.05, 0) is 24.7 Å². The van der Waals surface area contributed by atoms with Gasteiger partial charge in [0.1, 0.15) is 0 Å². The number of nitrogens with two attached hydrogens (primary N) is 1. The third-order valence-corrected chi connectivity index (χ3v) is 4.00. The molecule has 1 aliphatic rings. The van der Waals surface area contributed by atoms with Crippen molar-refractivity contribution in [3.63, 3.8) is 0 Å². The molecule has 19 heavy (non-hydrogen) atoms. The monoisotopic (exact) mass is 262 g/mol. The average molecular weight is 262 g/mol. The van der Waals surface area contributed by atoms with Gasteiger partial charge < -0.3 is 15.5 Å². The number of rotatable bonds is 4. The summed E-state index contributed by atoms with van der Waals surface area (Å²) >= 11 is 0. The normalized spacial score (nSPS) is 19.4. The van der Waals surface area contributed by atoms with E-state index in [1.807, 2.05) is 0 Å². The summed E-state index contributed by atoms with van der Waals surface area (Å²) in [6, 6.07) is 9.13. The number of nitrogens with zero attached hydrogens (tertiary/aromatic N) is 3. The van der Waals surface area contributed by atoms with Crippen LogP contribution in [0.25, 0.3) is 0 Å². The molecule has 106 valence electrons. The van der Waals surface area contributed by atoms with E-state index in [0.717, 1.165) is 26.2 Å². The molecule has 1 aromatic carbocycles. The molecule has 4 nitrogen and oxygen atoms in total. The van der Waals surface area contributed by atoms with Gasteiger partial charge in [0.25, 0.3) is 0 Å². The fraction of sp³-hybridized carbons (Fsp3) is 0.600. The Balaban J connectivity index is 2.08. The molecule has 1 heterocycles. The molecule has 1 saturated heterocycles. The standard InChI is InChI=1S/C15H26N4/c1-17(2)14-6-4-13(5-7-14)15(12-16)19-10-8-18(3)9-11-19/h4-7,15H,8-12,16H2,1-3H3/t15-/m0/s1. The maximum Gasteiger partial charge on any atom is 0.0471 e. The van der Waals surface area contributed by atoms with Crippen LogP contribution in [0.2, 0.25) is 0 Å². The van der Waals surface area contributed by atoms with Crippen LogP contribution in [-0.4, -0.2) is 63.7 Å². The van der Waals surface area contributed by atoms with Crippen LogP contribution in [0.5, 0.6) is 0 Å². The lowest BCUT2D eigenvalue weighted by molar-refractivity contribution is 0.114. The van der Waals surface area contributed by atoms with Crippen LogP contribution in [0.15, 0.2) is 24.3 Å². The first-order valence-corrected chi connectivity index (χ1v) is 7.01. The van der Waals surface area contributed by atoms with Crippen LogP contribution in [-0.2, 0) is 0 Å². The highest BCUT2D eigenvalue weighted by Crippen LogP contribution is 2.23. The largest absolute Gasteiger partial charge is 0.378 e. The molecule has 0 radical (unpaired) electrons. The number of likely N-dealkylation sites (N-methyl/N-ethyl adjacent to an activating group) is 1. The maximum atomic E-state index is 6.00. The Kier molecular flexibility index (Phi) is 4.80. The topological polar surface area (TPSA) is 35.7 Å². The second-order valence-corrected chi connectivity index (χ2v) is 5.58. The van der Waals surface area contributed by atoms with E-state index in [2.05, 4.69) is 60.1 Å². The Morgan fingerprint density at radius 3 is 2.16 bits per heavy atom. The maximum absolute atomic E-state index is 6.00. The third kappa shape index (κ3) is 3.47. The predicted molar refractivity (Wildman–Crippen MR) is 81.6 cm³/mol. The summed E-state index contributed by atoms with van der Waals surface area (Å²) in [5.41, 5.74) is 8.57.